The molecule has 0 fully saturated rings. The first-order chi connectivity index (χ1) is 23.0. The summed E-state index contributed by atoms with van der Waals surface area (Å²) >= 11 is 8.80. The third-order valence-electron chi connectivity index (χ3n) is 8.72. The van der Waals surface area contributed by atoms with E-state index in [1.54, 1.807) is 23.5 Å². The lowest BCUT2D eigenvalue weighted by Gasteiger charge is -2.15. The lowest BCUT2D eigenvalue weighted by Crippen LogP contribution is -2.06. The minimum absolute atomic E-state index is 0.671. The molecular weight excluding hydrogens is 703 g/mol. The van der Waals surface area contributed by atoms with Crippen molar-refractivity contribution in [3.8, 4) is 5.69 Å². The molecule has 0 radical (unpaired) electrons. The molecule has 3 heterocycles. The monoisotopic (exact) mass is 733 g/mol. The zero-order valence-electron chi connectivity index (χ0n) is 26.2. The first kappa shape index (κ1) is 30.8. The van der Waals surface area contributed by atoms with Crippen LogP contribution in [0.1, 0.15) is 51.6 Å². The van der Waals surface area contributed by atoms with Gasteiger partial charge in [-0.25, -0.2) is 9.97 Å². The van der Waals surface area contributed by atoms with E-state index in [0.717, 1.165) is 49.7 Å². The van der Waals surface area contributed by atoms with E-state index in [9.17, 15) is 0 Å². The van der Waals surface area contributed by atoms with Gasteiger partial charge in [0.25, 0.3) is 0 Å². The zero-order chi connectivity index (χ0) is 31.9. The van der Waals surface area contributed by atoms with Gasteiger partial charge in [-0.2, -0.15) is 0 Å². The number of hydrogen-bond donors (Lipinski definition) is 0. The summed E-state index contributed by atoms with van der Waals surface area (Å²) in [5.41, 5.74) is 6.20. The maximum atomic E-state index is 5.26. The molecule has 234 valence electrons. The lowest BCUT2D eigenvalue weighted by molar-refractivity contribution is 0.699. The molecule has 1 aliphatic carbocycles. The summed E-state index contributed by atoms with van der Waals surface area (Å²) in [6, 6.07) is 30.1. The van der Waals surface area contributed by atoms with Gasteiger partial charge < -0.3 is 0 Å². The van der Waals surface area contributed by atoms with Crippen LogP contribution in [0.3, 0.4) is 0 Å². The summed E-state index contributed by atoms with van der Waals surface area (Å²) in [7, 11) is 0. The number of aryl methyl sites for hydroxylation is 4. The summed E-state index contributed by atoms with van der Waals surface area (Å²) in [6.07, 6.45) is 5.32. The average molecular weight is 735 g/mol. The molecule has 4 aromatic carbocycles. The summed E-state index contributed by atoms with van der Waals surface area (Å²) in [6.45, 7) is 4.31. The van der Waals surface area contributed by atoms with E-state index in [1.807, 2.05) is 11.3 Å². The van der Waals surface area contributed by atoms with E-state index >= 15 is 0 Å². The summed E-state index contributed by atoms with van der Waals surface area (Å²) in [5, 5.41) is 15.2. The summed E-state index contributed by atoms with van der Waals surface area (Å²) < 4.78 is 3.33. The topological polar surface area (TPSA) is 56.5 Å². The van der Waals surface area contributed by atoms with E-state index < -0.39 is 0 Å². The maximum Gasteiger partial charge on any atom is 0.202 e. The van der Waals surface area contributed by atoms with Gasteiger partial charge in [-0.3, -0.25) is 4.57 Å². The van der Waals surface area contributed by atoms with Crippen molar-refractivity contribution in [2.45, 2.75) is 66.8 Å². The van der Waals surface area contributed by atoms with E-state index in [2.05, 4.69) is 119 Å². The van der Waals surface area contributed by atoms with Crippen LogP contribution in [0.2, 0.25) is 0 Å². The maximum absolute atomic E-state index is 5.26. The number of hydrogen-bond acceptors (Lipinski definition) is 7. The van der Waals surface area contributed by atoms with Crippen LogP contribution in [0.4, 0.5) is 0 Å². The Balaban J connectivity index is 1.23. The number of fused-ring (bicyclic) bond motifs is 4. The molecule has 0 saturated heterocycles. The van der Waals surface area contributed by atoms with Crippen LogP contribution in [0.15, 0.2) is 104 Å². The van der Waals surface area contributed by atoms with E-state index in [1.165, 1.54) is 61.0 Å². The van der Waals surface area contributed by atoms with Crippen LogP contribution in [0.5, 0.6) is 0 Å². The first-order valence-corrected chi connectivity index (χ1v) is 19.3. The van der Waals surface area contributed by atoms with Gasteiger partial charge in [0.1, 0.15) is 21.5 Å². The van der Waals surface area contributed by atoms with E-state index in [-0.39, 0.29) is 0 Å². The number of thiophene rings is 1. The van der Waals surface area contributed by atoms with Gasteiger partial charge >= 0.3 is 0 Å². The Labute approximate surface area is 295 Å². The Hall–Kier alpha value is -3.50. The smallest absolute Gasteiger partial charge is 0.202 e. The molecule has 47 heavy (non-hydrogen) atoms. The van der Waals surface area contributed by atoms with Crippen LogP contribution in [-0.4, -0.2) is 24.7 Å². The molecule has 3 aromatic heterocycles. The van der Waals surface area contributed by atoms with Crippen molar-refractivity contribution in [3.05, 3.63) is 128 Å². The minimum atomic E-state index is 0.671. The summed E-state index contributed by atoms with van der Waals surface area (Å²) in [5.74, 6) is 2.46. The number of rotatable bonds is 8. The van der Waals surface area contributed by atoms with Gasteiger partial charge in [-0.15, -0.1) is 33.3 Å². The molecule has 0 spiro atoms. The van der Waals surface area contributed by atoms with Crippen molar-refractivity contribution in [2.24, 2.45) is 0 Å². The normalized spacial score (nSPS) is 13.0. The molecule has 1 aliphatic rings. The first-order valence-electron chi connectivity index (χ1n) is 15.9. The Morgan fingerprint density at radius 2 is 1.70 bits per heavy atom. The van der Waals surface area contributed by atoms with Gasteiger partial charge in [-0.1, -0.05) is 76.1 Å². The van der Waals surface area contributed by atoms with Crippen LogP contribution in [0, 0.1) is 13.8 Å². The fourth-order valence-corrected chi connectivity index (χ4v) is 9.85. The minimum Gasteiger partial charge on any atom is -0.273 e. The van der Waals surface area contributed by atoms with E-state index in [4.69, 9.17) is 20.2 Å². The largest absolute Gasteiger partial charge is 0.273 e. The SMILES string of the molecule is Cc1ccc(-n2c(Cc3cccc4ccccc34)nnc2Sc2nc(CSc3ccc(Br)cc3)nc3sc4c(c23)CCCC4)c(C)c1. The third-order valence-corrected chi connectivity index (χ3v) is 12.4. The number of aromatic nitrogens is 5. The fraction of sp³-hybridized carbons (Fsp3) is 0.211. The fourth-order valence-electron chi connectivity index (χ4n) is 6.47. The molecule has 0 aliphatic heterocycles. The molecule has 5 nitrogen and oxygen atoms in total. The molecular formula is C38H32BrN5S3. The Morgan fingerprint density at radius 1 is 0.872 bits per heavy atom. The highest BCUT2D eigenvalue weighted by Gasteiger charge is 2.25. The van der Waals surface area contributed by atoms with Gasteiger partial charge in [0, 0.05) is 26.1 Å². The second-order valence-corrected chi connectivity index (χ2v) is 16.0. The van der Waals surface area contributed by atoms with Gasteiger partial charge in [0.15, 0.2) is 0 Å². The lowest BCUT2D eigenvalue weighted by atomic mass is 9.97. The number of nitrogens with zero attached hydrogens (tertiary/aromatic N) is 5. The highest BCUT2D eigenvalue weighted by molar-refractivity contribution is 9.10. The number of thioether (sulfide) groups is 1. The Morgan fingerprint density at radius 3 is 2.57 bits per heavy atom. The predicted molar refractivity (Wildman–Crippen MR) is 199 cm³/mol. The molecule has 0 saturated carbocycles. The average Bonchev–Trinajstić information content (AvgIpc) is 3.65. The predicted octanol–water partition coefficient (Wildman–Crippen LogP) is 10.7. The van der Waals surface area contributed by atoms with Gasteiger partial charge in [-0.05, 0) is 109 Å². The van der Waals surface area contributed by atoms with Crippen LogP contribution in [-0.2, 0) is 25.0 Å². The van der Waals surface area contributed by atoms with Crippen molar-refractivity contribution in [1.29, 1.82) is 0 Å². The Bertz CT molecular complexity index is 2250. The Kier molecular flexibility index (Phi) is 8.64. The number of halogens is 1. The molecule has 7 aromatic rings. The standard InChI is InChI=1S/C38H32BrN5S3/c1-23-14-19-31(24(2)20-23)44-34(21-26-10-7-9-25-8-3-4-11-29(25)26)42-43-38(44)47-37-35-30-12-5-6-13-32(30)46-36(35)40-33(41-37)22-45-28-17-15-27(39)16-18-28/h3-4,7-11,14-20H,5-6,12-13,21-22H2,1-2H3. The molecule has 0 unspecified atom stereocenters. The van der Waals surface area contributed by atoms with Crippen molar-refractivity contribution in [1.82, 2.24) is 24.7 Å². The highest BCUT2D eigenvalue weighted by Crippen LogP contribution is 2.42. The quantitative estimate of drug-likeness (QED) is 0.114. The molecule has 9 heteroatoms. The van der Waals surface area contributed by atoms with Crippen molar-refractivity contribution < 1.29 is 0 Å². The number of benzene rings is 4. The van der Waals surface area contributed by atoms with Crippen LogP contribution >= 0.6 is 50.8 Å². The van der Waals surface area contributed by atoms with E-state index in [0.29, 0.717) is 12.2 Å². The third kappa shape index (κ3) is 6.26. The van der Waals surface area contributed by atoms with Crippen molar-refractivity contribution in [2.75, 3.05) is 0 Å². The van der Waals surface area contributed by atoms with Gasteiger partial charge in [0.2, 0.25) is 5.16 Å². The zero-order valence-corrected chi connectivity index (χ0v) is 30.2. The van der Waals surface area contributed by atoms with Crippen molar-refractivity contribution in [3.63, 3.8) is 0 Å². The summed E-state index contributed by atoms with van der Waals surface area (Å²) in [4.78, 5) is 14.1. The molecule has 0 atom stereocenters. The second kappa shape index (κ2) is 13.2. The second-order valence-electron chi connectivity index (χ2n) is 12.0. The molecule has 0 amide bonds. The van der Waals surface area contributed by atoms with Crippen LogP contribution in [0.25, 0.3) is 26.7 Å². The molecule has 0 N–H and O–H groups in total. The molecule has 0 bridgehead atoms. The van der Waals surface area contributed by atoms with Crippen LogP contribution < -0.4 is 0 Å². The highest BCUT2D eigenvalue weighted by atomic mass is 79.9. The van der Waals surface area contributed by atoms with Gasteiger partial charge in [0.05, 0.1) is 11.4 Å². The van der Waals surface area contributed by atoms with Crippen molar-refractivity contribution >= 4 is 71.8 Å². The molecule has 8 rings (SSSR count).